The number of ether oxygens (including phenoxy) is 2. The molecular formula is C27H34N8O2. The smallest absolute Gasteiger partial charge is 0.227 e. The van der Waals surface area contributed by atoms with Crippen LogP contribution in [0.3, 0.4) is 0 Å². The van der Waals surface area contributed by atoms with Crippen molar-refractivity contribution in [2.24, 2.45) is 7.05 Å². The predicted molar refractivity (Wildman–Crippen MR) is 145 cm³/mol. The Labute approximate surface area is 217 Å². The fourth-order valence-corrected chi connectivity index (χ4v) is 4.65. The number of piperidine rings is 1. The number of fused-ring (bicyclic) bond motifs is 1. The molecule has 0 aliphatic carbocycles. The fourth-order valence-electron chi connectivity index (χ4n) is 4.65. The summed E-state index contributed by atoms with van der Waals surface area (Å²) in [6, 6.07) is 7.94. The molecule has 0 saturated carbocycles. The molecule has 1 aliphatic rings. The van der Waals surface area contributed by atoms with Gasteiger partial charge in [0.25, 0.3) is 0 Å². The van der Waals surface area contributed by atoms with Crippen LogP contribution in [-0.4, -0.2) is 62.1 Å². The van der Waals surface area contributed by atoms with Crippen molar-refractivity contribution in [2.75, 3.05) is 37.0 Å². The monoisotopic (exact) mass is 502 g/mol. The van der Waals surface area contributed by atoms with Crippen LogP contribution in [0.15, 0.2) is 30.5 Å². The number of aromatic nitrogens is 6. The number of methoxy groups -OCH3 is 1. The zero-order valence-corrected chi connectivity index (χ0v) is 22.4. The number of benzene rings is 1. The number of hydrogen-bond donors (Lipinski definition) is 1. The fraction of sp³-hybridized carbons (Fsp3) is 0.444. The lowest BCUT2D eigenvalue weighted by molar-refractivity contribution is -0.0133. The van der Waals surface area contributed by atoms with Gasteiger partial charge in [0, 0.05) is 50.1 Å². The van der Waals surface area contributed by atoms with E-state index in [-0.39, 0.29) is 5.60 Å². The molecule has 10 nitrogen and oxygen atoms in total. The van der Waals surface area contributed by atoms with Crippen molar-refractivity contribution < 1.29 is 9.47 Å². The molecule has 0 atom stereocenters. The molecule has 0 radical (unpaired) electrons. The number of anilines is 3. The summed E-state index contributed by atoms with van der Waals surface area (Å²) in [7, 11) is 3.74. The maximum Gasteiger partial charge on any atom is 0.227 e. The Morgan fingerprint density at radius 2 is 1.86 bits per heavy atom. The van der Waals surface area contributed by atoms with Crippen LogP contribution in [0.5, 0.6) is 5.75 Å². The van der Waals surface area contributed by atoms with Gasteiger partial charge in [0.2, 0.25) is 5.95 Å². The van der Waals surface area contributed by atoms with Crippen molar-refractivity contribution in [3.63, 3.8) is 0 Å². The molecule has 3 aromatic heterocycles. The molecule has 194 valence electrons. The van der Waals surface area contributed by atoms with E-state index in [1.807, 2.05) is 62.8 Å². The third kappa shape index (κ3) is 4.93. The van der Waals surface area contributed by atoms with Crippen LogP contribution >= 0.6 is 0 Å². The van der Waals surface area contributed by atoms with Crippen LogP contribution in [0.4, 0.5) is 17.5 Å². The summed E-state index contributed by atoms with van der Waals surface area (Å²) in [6.07, 6.45) is 3.72. The van der Waals surface area contributed by atoms with E-state index in [1.165, 1.54) is 0 Å². The summed E-state index contributed by atoms with van der Waals surface area (Å²) < 4.78 is 13.6. The lowest BCUT2D eigenvalue weighted by Crippen LogP contribution is -2.44. The third-order valence-corrected chi connectivity index (χ3v) is 7.17. The van der Waals surface area contributed by atoms with Crippen LogP contribution < -0.4 is 15.0 Å². The van der Waals surface area contributed by atoms with Crippen molar-refractivity contribution in [2.45, 2.75) is 46.1 Å². The molecule has 4 heterocycles. The minimum absolute atomic E-state index is 0.0939. The Kier molecular flexibility index (Phi) is 6.68. The molecule has 10 heteroatoms. The van der Waals surface area contributed by atoms with Crippen molar-refractivity contribution >= 4 is 28.4 Å². The molecule has 0 bridgehead atoms. The van der Waals surface area contributed by atoms with Crippen LogP contribution in [0.2, 0.25) is 0 Å². The van der Waals surface area contributed by atoms with Gasteiger partial charge in [-0.2, -0.15) is 0 Å². The van der Waals surface area contributed by atoms with E-state index in [1.54, 1.807) is 7.11 Å². The Morgan fingerprint density at radius 3 is 2.54 bits per heavy atom. The van der Waals surface area contributed by atoms with Gasteiger partial charge in [0.05, 0.1) is 17.9 Å². The number of nitrogens with zero attached hydrogens (tertiary/aromatic N) is 7. The molecule has 1 fully saturated rings. The van der Waals surface area contributed by atoms with E-state index in [4.69, 9.17) is 19.4 Å². The Morgan fingerprint density at radius 1 is 1.08 bits per heavy atom. The molecule has 0 unspecified atom stereocenters. The Balaban J connectivity index is 1.47. The van der Waals surface area contributed by atoms with Gasteiger partial charge in [-0.3, -0.25) is 0 Å². The maximum atomic E-state index is 5.96. The highest BCUT2D eigenvalue weighted by Crippen LogP contribution is 2.34. The average molecular weight is 503 g/mol. The molecule has 0 spiro atoms. The second kappa shape index (κ2) is 9.93. The number of pyridine rings is 1. The SMILES string of the molecule is CCOc1cc(-c2nnc(C)n2C)ccc1Nc1ncc2cc(C)nc(N3CCC(C)(OC)CC3)c2n1. The largest absolute Gasteiger partial charge is 0.492 e. The van der Waals surface area contributed by atoms with Crippen molar-refractivity contribution in [3.05, 3.63) is 42.0 Å². The summed E-state index contributed by atoms with van der Waals surface area (Å²) in [6.45, 7) is 10.3. The summed E-state index contributed by atoms with van der Waals surface area (Å²) in [5.41, 5.74) is 3.38. The van der Waals surface area contributed by atoms with Gasteiger partial charge in [-0.05, 0) is 64.8 Å². The van der Waals surface area contributed by atoms with Gasteiger partial charge in [0.15, 0.2) is 11.6 Å². The standard InChI is InChI=1S/C27H34N8O2/c1-7-37-22-15-19(24-33-32-18(3)34(24)5)8-9-21(22)30-26-28-16-20-14-17(2)29-25(23(20)31-26)35-12-10-27(4,36-6)11-13-35/h8-9,14-16H,7,10-13H2,1-6H3,(H,28,30,31). The van der Waals surface area contributed by atoms with E-state index in [0.29, 0.717) is 18.3 Å². The molecule has 1 saturated heterocycles. The number of aryl methyl sites for hydroxylation is 2. The van der Waals surface area contributed by atoms with Gasteiger partial charge < -0.3 is 24.3 Å². The molecule has 1 N–H and O–H groups in total. The molecule has 5 rings (SSSR count). The zero-order valence-electron chi connectivity index (χ0n) is 22.4. The Hall–Kier alpha value is -3.79. The highest BCUT2D eigenvalue weighted by molar-refractivity contribution is 5.89. The topological polar surface area (TPSA) is 103 Å². The van der Waals surface area contributed by atoms with E-state index in [9.17, 15) is 0 Å². The van der Waals surface area contributed by atoms with Gasteiger partial charge in [-0.1, -0.05) is 0 Å². The first kappa shape index (κ1) is 24.9. The van der Waals surface area contributed by atoms with E-state index in [2.05, 4.69) is 32.3 Å². The predicted octanol–water partition coefficient (Wildman–Crippen LogP) is 4.58. The van der Waals surface area contributed by atoms with E-state index in [0.717, 1.165) is 71.2 Å². The number of rotatable bonds is 7. The van der Waals surface area contributed by atoms with Gasteiger partial charge >= 0.3 is 0 Å². The van der Waals surface area contributed by atoms with E-state index >= 15 is 0 Å². The molecule has 0 amide bonds. The van der Waals surface area contributed by atoms with Gasteiger partial charge in [0.1, 0.15) is 17.1 Å². The van der Waals surface area contributed by atoms with Gasteiger partial charge in [-0.25, -0.2) is 15.0 Å². The Bertz CT molecular complexity index is 1430. The van der Waals surface area contributed by atoms with Gasteiger partial charge in [-0.15, -0.1) is 10.2 Å². The lowest BCUT2D eigenvalue weighted by Gasteiger charge is -2.39. The quantitative estimate of drug-likeness (QED) is 0.389. The maximum absolute atomic E-state index is 5.96. The van der Waals surface area contributed by atoms with Crippen LogP contribution in [-0.2, 0) is 11.8 Å². The number of nitrogens with one attached hydrogen (secondary N) is 1. The van der Waals surface area contributed by atoms with Crippen LogP contribution in [0, 0.1) is 13.8 Å². The van der Waals surface area contributed by atoms with Crippen LogP contribution in [0.1, 0.15) is 38.2 Å². The van der Waals surface area contributed by atoms with Crippen LogP contribution in [0.25, 0.3) is 22.3 Å². The first-order valence-electron chi connectivity index (χ1n) is 12.6. The molecule has 4 aromatic rings. The first-order valence-corrected chi connectivity index (χ1v) is 12.6. The highest BCUT2D eigenvalue weighted by atomic mass is 16.5. The summed E-state index contributed by atoms with van der Waals surface area (Å²) in [4.78, 5) is 16.7. The molecular weight excluding hydrogens is 468 g/mol. The first-order chi connectivity index (χ1) is 17.8. The summed E-state index contributed by atoms with van der Waals surface area (Å²) in [5, 5.41) is 12.8. The average Bonchev–Trinajstić information content (AvgIpc) is 3.23. The summed E-state index contributed by atoms with van der Waals surface area (Å²) in [5.74, 6) is 3.70. The second-order valence-electron chi connectivity index (χ2n) is 9.76. The number of hydrogen-bond acceptors (Lipinski definition) is 9. The lowest BCUT2D eigenvalue weighted by atomic mass is 9.93. The third-order valence-electron chi connectivity index (χ3n) is 7.17. The molecule has 1 aromatic carbocycles. The molecule has 1 aliphatic heterocycles. The zero-order chi connectivity index (χ0) is 26.2. The normalized spacial score (nSPS) is 15.2. The van der Waals surface area contributed by atoms with Crippen molar-refractivity contribution in [3.8, 4) is 17.1 Å². The minimum atomic E-state index is -0.0939. The van der Waals surface area contributed by atoms with E-state index < -0.39 is 0 Å². The second-order valence-corrected chi connectivity index (χ2v) is 9.76. The highest BCUT2D eigenvalue weighted by Gasteiger charge is 2.31. The molecule has 37 heavy (non-hydrogen) atoms. The van der Waals surface area contributed by atoms with Crippen molar-refractivity contribution in [1.82, 2.24) is 29.7 Å². The van der Waals surface area contributed by atoms with Crippen molar-refractivity contribution in [1.29, 1.82) is 0 Å². The minimum Gasteiger partial charge on any atom is -0.492 e. The summed E-state index contributed by atoms with van der Waals surface area (Å²) >= 11 is 0.